The second-order valence-corrected chi connectivity index (χ2v) is 5.05. The number of aromatic nitrogens is 2. The van der Waals surface area contributed by atoms with Crippen LogP contribution in [0.25, 0.3) is 11.0 Å². The number of benzene rings is 1. The van der Waals surface area contributed by atoms with Gasteiger partial charge in [0.25, 0.3) is 5.60 Å². The van der Waals surface area contributed by atoms with E-state index in [4.69, 9.17) is 0 Å². The van der Waals surface area contributed by atoms with Crippen molar-refractivity contribution in [3.05, 3.63) is 30.0 Å². The molecular formula is C15H14N4O5. The summed E-state index contributed by atoms with van der Waals surface area (Å²) in [5, 5.41) is 16.2. The summed E-state index contributed by atoms with van der Waals surface area (Å²) in [5.41, 5.74) is -2.21. The van der Waals surface area contributed by atoms with Crippen LogP contribution in [0.3, 0.4) is 0 Å². The number of rotatable bonds is 2. The van der Waals surface area contributed by atoms with Crippen molar-refractivity contribution in [2.75, 3.05) is 26.3 Å². The molecular weight excluding hydrogens is 316 g/mol. The van der Waals surface area contributed by atoms with Gasteiger partial charge in [0, 0.05) is 7.05 Å². The summed E-state index contributed by atoms with van der Waals surface area (Å²) in [6, 6.07) is 6.92. The van der Waals surface area contributed by atoms with Crippen molar-refractivity contribution in [1.29, 1.82) is 0 Å². The van der Waals surface area contributed by atoms with E-state index in [2.05, 4.69) is 24.5 Å². The fraction of sp³-hybridized carbons (Fsp3) is 0.267. The van der Waals surface area contributed by atoms with Crippen molar-refractivity contribution in [3.8, 4) is 0 Å². The zero-order valence-electron chi connectivity index (χ0n) is 13.2. The molecule has 0 aliphatic carbocycles. The van der Waals surface area contributed by atoms with E-state index in [1.54, 1.807) is 24.3 Å². The van der Waals surface area contributed by atoms with Gasteiger partial charge < -0.3 is 14.6 Å². The quantitative estimate of drug-likeness (QED) is 0.764. The van der Waals surface area contributed by atoms with Gasteiger partial charge in [-0.25, -0.2) is 24.6 Å². The lowest BCUT2D eigenvalue weighted by atomic mass is 9.91. The van der Waals surface area contributed by atoms with Crippen LogP contribution in [0, 0.1) is 0 Å². The van der Waals surface area contributed by atoms with E-state index in [-0.39, 0.29) is 11.5 Å². The molecule has 9 nitrogen and oxygen atoms in total. The molecule has 2 heterocycles. The van der Waals surface area contributed by atoms with Crippen LogP contribution in [0.1, 0.15) is 5.69 Å². The first-order chi connectivity index (χ1) is 11.4. The second kappa shape index (κ2) is 5.53. The Kier molecular flexibility index (Phi) is 3.64. The van der Waals surface area contributed by atoms with Gasteiger partial charge in [0.15, 0.2) is 11.5 Å². The highest BCUT2D eigenvalue weighted by molar-refractivity contribution is 6.44. The van der Waals surface area contributed by atoms with E-state index in [0.717, 1.165) is 14.2 Å². The molecule has 0 fully saturated rings. The molecule has 0 saturated carbocycles. The van der Waals surface area contributed by atoms with Crippen molar-refractivity contribution in [2.45, 2.75) is 5.60 Å². The first kappa shape index (κ1) is 15.8. The summed E-state index contributed by atoms with van der Waals surface area (Å²) in [6.45, 7) is 0. The van der Waals surface area contributed by atoms with E-state index < -0.39 is 23.3 Å². The third-order valence-corrected chi connectivity index (χ3v) is 3.65. The van der Waals surface area contributed by atoms with Crippen molar-refractivity contribution in [2.24, 2.45) is 5.10 Å². The van der Waals surface area contributed by atoms with Gasteiger partial charge in [-0.15, -0.1) is 0 Å². The van der Waals surface area contributed by atoms with Gasteiger partial charge >= 0.3 is 11.9 Å². The molecule has 124 valence electrons. The van der Waals surface area contributed by atoms with Crippen LogP contribution >= 0.6 is 0 Å². The number of hydrogen-bond donors (Lipinski definition) is 1. The summed E-state index contributed by atoms with van der Waals surface area (Å²) in [4.78, 5) is 33.0. The maximum absolute atomic E-state index is 12.3. The molecule has 0 amide bonds. The number of esters is 2. The third-order valence-electron chi connectivity index (χ3n) is 3.65. The Morgan fingerprint density at radius 1 is 1.12 bits per heavy atom. The van der Waals surface area contributed by atoms with Gasteiger partial charge in [-0.05, 0) is 12.1 Å². The lowest BCUT2D eigenvalue weighted by molar-refractivity contribution is -0.158. The predicted octanol–water partition coefficient (Wildman–Crippen LogP) is -0.0308. The lowest BCUT2D eigenvalue weighted by Gasteiger charge is -2.32. The van der Waals surface area contributed by atoms with Crippen LogP contribution < -0.4 is 5.01 Å². The van der Waals surface area contributed by atoms with Gasteiger partial charge in [-0.2, -0.15) is 5.10 Å². The molecule has 0 saturated heterocycles. The summed E-state index contributed by atoms with van der Waals surface area (Å²) in [5.74, 6) is -1.95. The molecule has 1 aromatic carbocycles. The number of anilines is 1. The summed E-state index contributed by atoms with van der Waals surface area (Å²) < 4.78 is 9.28. The van der Waals surface area contributed by atoms with E-state index in [1.165, 1.54) is 12.1 Å². The molecule has 3 rings (SSSR count). The van der Waals surface area contributed by atoms with Crippen molar-refractivity contribution in [1.82, 2.24) is 9.97 Å². The fourth-order valence-corrected chi connectivity index (χ4v) is 2.47. The Labute approximate surface area is 136 Å². The number of hydrazone groups is 1. The largest absolute Gasteiger partial charge is 0.466 e. The number of nitrogens with zero attached hydrogens (tertiary/aromatic N) is 4. The molecule has 1 aliphatic heterocycles. The summed E-state index contributed by atoms with van der Waals surface area (Å²) in [6.07, 6.45) is 0. The van der Waals surface area contributed by atoms with Gasteiger partial charge in [-0.3, -0.25) is 0 Å². The Balaban J connectivity index is 2.34. The standard InChI is InChI=1S/C15H14N4O5/c1-19-12-10(16-8-6-4-5-7-9(8)17-12)15(22,14(21)24-3)11(18-19)13(20)23-2/h4-7,22H,1-3H3. The smallest absolute Gasteiger partial charge is 0.358 e. The predicted molar refractivity (Wildman–Crippen MR) is 83.3 cm³/mol. The zero-order valence-corrected chi connectivity index (χ0v) is 13.2. The number of para-hydroxylation sites is 2. The molecule has 1 unspecified atom stereocenters. The minimum Gasteiger partial charge on any atom is -0.466 e. The molecule has 0 spiro atoms. The second-order valence-electron chi connectivity index (χ2n) is 5.05. The number of ether oxygens (including phenoxy) is 2. The summed E-state index contributed by atoms with van der Waals surface area (Å²) in [7, 11) is 3.72. The van der Waals surface area contributed by atoms with Crippen LogP contribution in [-0.2, 0) is 24.7 Å². The molecule has 1 N–H and O–H groups in total. The molecule has 1 atom stereocenters. The Morgan fingerprint density at radius 3 is 2.33 bits per heavy atom. The molecule has 24 heavy (non-hydrogen) atoms. The van der Waals surface area contributed by atoms with Crippen LogP contribution in [0.2, 0.25) is 0 Å². The van der Waals surface area contributed by atoms with Crippen LogP contribution in [0.15, 0.2) is 29.4 Å². The first-order valence-corrected chi connectivity index (χ1v) is 6.92. The molecule has 1 aliphatic rings. The Bertz CT molecular complexity index is 881. The molecule has 0 radical (unpaired) electrons. The number of methoxy groups -OCH3 is 2. The first-order valence-electron chi connectivity index (χ1n) is 6.92. The SMILES string of the molecule is COC(=O)C1=NN(C)c2nc3ccccc3nc2C1(O)C(=O)OC. The van der Waals surface area contributed by atoms with Gasteiger partial charge in [0.1, 0.15) is 5.69 Å². The minimum atomic E-state index is -2.51. The van der Waals surface area contributed by atoms with Crippen LogP contribution in [-0.4, -0.2) is 54.0 Å². The molecule has 0 bridgehead atoms. The minimum absolute atomic E-state index is 0.134. The lowest BCUT2D eigenvalue weighted by Crippen LogP contribution is -2.53. The van der Waals surface area contributed by atoms with E-state index >= 15 is 0 Å². The molecule has 1 aromatic heterocycles. The number of hydrogen-bond acceptors (Lipinski definition) is 9. The van der Waals surface area contributed by atoms with Gasteiger partial charge in [0.2, 0.25) is 0 Å². The van der Waals surface area contributed by atoms with Crippen LogP contribution in [0.4, 0.5) is 5.82 Å². The topological polar surface area (TPSA) is 114 Å². The fourth-order valence-electron chi connectivity index (χ4n) is 2.47. The normalized spacial score (nSPS) is 19.5. The highest BCUT2D eigenvalue weighted by Crippen LogP contribution is 2.36. The zero-order chi connectivity index (χ0) is 17.5. The summed E-state index contributed by atoms with van der Waals surface area (Å²) >= 11 is 0. The number of carbonyl (C=O) groups is 2. The highest BCUT2D eigenvalue weighted by Gasteiger charge is 2.55. The number of aliphatic hydroxyl groups is 1. The molecule has 9 heteroatoms. The van der Waals surface area contributed by atoms with Crippen LogP contribution in [0.5, 0.6) is 0 Å². The number of fused-ring (bicyclic) bond motifs is 2. The number of carbonyl (C=O) groups excluding carboxylic acids is 2. The maximum atomic E-state index is 12.3. The maximum Gasteiger partial charge on any atom is 0.358 e. The van der Waals surface area contributed by atoms with Gasteiger partial charge in [0.05, 0.1) is 25.3 Å². The third kappa shape index (κ3) is 2.09. The average molecular weight is 330 g/mol. The van der Waals surface area contributed by atoms with Crippen molar-refractivity contribution < 1.29 is 24.2 Å². The van der Waals surface area contributed by atoms with E-state index in [1.807, 2.05) is 0 Å². The monoisotopic (exact) mass is 330 g/mol. The Hall–Kier alpha value is -3.07. The van der Waals surface area contributed by atoms with Gasteiger partial charge in [-0.1, -0.05) is 12.1 Å². The Morgan fingerprint density at radius 2 is 1.75 bits per heavy atom. The average Bonchev–Trinajstić information content (AvgIpc) is 2.62. The van der Waals surface area contributed by atoms with Crippen molar-refractivity contribution in [3.63, 3.8) is 0 Å². The molecule has 2 aromatic rings. The van der Waals surface area contributed by atoms with E-state index in [9.17, 15) is 14.7 Å². The highest BCUT2D eigenvalue weighted by atomic mass is 16.5. The van der Waals surface area contributed by atoms with Crippen molar-refractivity contribution >= 4 is 34.5 Å². The van der Waals surface area contributed by atoms with E-state index in [0.29, 0.717) is 11.0 Å².